The van der Waals surface area contributed by atoms with Gasteiger partial charge in [-0.2, -0.15) is 9.49 Å². The van der Waals surface area contributed by atoms with Crippen LogP contribution < -0.4 is 5.32 Å². The van der Waals surface area contributed by atoms with E-state index in [-0.39, 0.29) is 18.4 Å². The fraction of sp³-hybridized carbons (Fsp3) is 0.750. The summed E-state index contributed by atoms with van der Waals surface area (Å²) >= 11 is 0. The molecule has 7 heteroatoms. The van der Waals surface area contributed by atoms with Gasteiger partial charge in [-0.3, -0.25) is 4.90 Å². The van der Waals surface area contributed by atoms with E-state index in [1.54, 1.807) is 7.05 Å². The number of aromatic nitrogens is 2. The molecule has 0 bridgehead atoms. The molecular formula is C12H22ClFN4O. The second-order valence-corrected chi connectivity index (χ2v) is 4.61. The third-order valence-electron chi connectivity index (χ3n) is 3.28. The highest BCUT2D eigenvalue weighted by Gasteiger charge is 2.13. The molecule has 2 rings (SSSR count). The molecule has 1 N–H and O–H groups in total. The maximum atomic E-state index is 13.6. The first-order valence-electron chi connectivity index (χ1n) is 6.37. The van der Waals surface area contributed by atoms with E-state index < -0.39 is 0 Å². The maximum absolute atomic E-state index is 13.6. The van der Waals surface area contributed by atoms with Gasteiger partial charge < -0.3 is 10.1 Å². The quantitative estimate of drug-likeness (QED) is 0.812. The number of rotatable bonds is 5. The lowest BCUT2D eigenvalue weighted by Crippen LogP contribution is -2.40. The third kappa shape index (κ3) is 4.42. The van der Waals surface area contributed by atoms with E-state index in [9.17, 15) is 4.39 Å². The van der Waals surface area contributed by atoms with Crippen molar-refractivity contribution in [3.05, 3.63) is 17.2 Å². The standard InChI is InChI=1S/C12H21FN4O.ClH/c1-10-11(12(13)16(2)15-10)9-14-3-4-17-5-7-18-8-6-17;/h14H,3-9H2,1-2H3;1H. The van der Waals surface area contributed by atoms with Gasteiger partial charge in [0.2, 0.25) is 5.95 Å². The van der Waals surface area contributed by atoms with E-state index in [4.69, 9.17) is 4.74 Å². The summed E-state index contributed by atoms with van der Waals surface area (Å²) in [7, 11) is 1.62. The molecule has 1 fully saturated rings. The number of nitrogens with zero attached hydrogens (tertiary/aromatic N) is 3. The minimum absolute atomic E-state index is 0. The molecule has 2 heterocycles. The van der Waals surface area contributed by atoms with E-state index in [0.29, 0.717) is 12.1 Å². The molecule has 19 heavy (non-hydrogen) atoms. The molecule has 0 amide bonds. The van der Waals surface area contributed by atoms with Crippen LogP contribution in [0.1, 0.15) is 11.3 Å². The number of aryl methyl sites for hydroxylation is 2. The summed E-state index contributed by atoms with van der Waals surface area (Å²) in [5.74, 6) is -0.244. The van der Waals surface area contributed by atoms with Gasteiger partial charge in [0.05, 0.1) is 18.9 Å². The predicted octanol–water partition coefficient (Wildman–Crippen LogP) is 0.711. The van der Waals surface area contributed by atoms with Gasteiger partial charge in [0.15, 0.2) is 0 Å². The van der Waals surface area contributed by atoms with Crippen LogP contribution in [0.5, 0.6) is 0 Å². The summed E-state index contributed by atoms with van der Waals surface area (Å²) in [6, 6.07) is 0. The van der Waals surface area contributed by atoms with E-state index >= 15 is 0 Å². The van der Waals surface area contributed by atoms with Crippen LogP contribution in [0.2, 0.25) is 0 Å². The monoisotopic (exact) mass is 292 g/mol. The van der Waals surface area contributed by atoms with Gasteiger partial charge in [-0.15, -0.1) is 12.4 Å². The van der Waals surface area contributed by atoms with E-state index in [1.165, 1.54) is 4.68 Å². The zero-order chi connectivity index (χ0) is 13.0. The van der Waals surface area contributed by atoms with Crippen molar-refractivity contribution in [3.8, 4) is 0 Å². The topological polar surface area (TPSA) is 42.3 Å². The molecule has 0 atom stereocenters. The van der Waals surface area contributed by atoms with Gasteiger partial charge in [0.1, 0.15) is 0 Å². The Bertz CT molecular complexity index is 393. The summed E-state index contributed by atoms with van der Waals surface area (Å²) in [5.41, 5.74) is 1.42. The van der Waals surface area contributed by atoms with E-state index in [1.807, 2.05) is 6.92 Å². The fourth-order valence-electron chi connectivity index (χ4n) is 2.15. The highest BCUT2D eigenvalue weighted by atomic mass is 35.5. The second-order valence-electron chi connectivity index (χ2n) is 4.61. The van der Waals surface area contributed by atoms with Crippen LogP contribution >= 0.6 is 12.4 Å². The van der Waals surface area contributed by atoms with Gasteiger partial charge >= 0.3 is 0 Å². The van der Waals surface area contributed by atoms with Crippen molar-refractivity contribution in [1.82, 2.24) is 20.0 Å². The van der Waals surface area contributed by atoms with Crippen LogP contribution in [0, 0.1) is 12.9 Å². The maximum Gasteiger partial charge on any atom is 0.215 e. The number of morpholine rings is 1. The zero-order valence-corrected chi connectivity index (χ0v) is 12.3. The lowest BCUT2D eigenvalue weighted by Gasteiger charge is -2.26. The average Bonchev–Trinajstić information content (AvgIpc) is 2.61. The molecule has 1 aliphatic rings. The molecule has 1 aromatic rings. The first-order chi connectivity index (χ1) is 8.68. The molecule has 0 aromatic carbocycles. The van der Waals surface area contributed by atoms with Crippen molar-refractivity contribution >= 4 is 12.4 Å². The Balaban J connectivity index is 0.00000180. The number of ether oxygens (including phenoxy) is 1. The minimum atomic E-state index is -0.244. The van der Waals surface area contributed by atoms with Gasteiger partial charge in [0.25, 0.3) is 0 Å². The van der Waals surface area contributed by atoms with Crippen molar-refractivity contribution in [2.24, 2.45) is 7.05 Å². The van der Waals surface area contributed by atoms with Crippen LogP contribution in [0.15, 0.2) is 0 Å². The Morgan fingerprint density at radius 2 is 2.05 bits per heavy atom. The molecule has 0 unspecified atom stereocenters. The van der Waals surface area contributed by atoms with Gasteiger partial charge in [0, 0.05) is 45.3 Å². The molecular weight excluding hydrogens is 271 g/mol. The Hall–Kier alpha value is -0.690. The first-order valence-corrected chi connectivity index (χ1v) is 6.37. The molecule has 1 aromatic heterocycles. The number of hydrogen-bond donors (Lipinski definition) is 1. The SMILES string of the molecule is Cc1nn(C)c(F)c1CNCCN1CCOCC1.Cl. The summed E-state index contributed by atoms with van der Waals surface area (Å²) in [4.78, 5) is 2.35. The van der Waals surface area contributed by atoms with E-state index in [0.717, 1.165) is 45.1 Å². The third-order valence-corrected chi connectivity index (χ3v) is 3.28. The largest absolute Gasteiger partial charge is 0.379 e. The van der Waals surface area contributed by atoms with Crippen molar-refractivity contribution in [2.75, 3.05) is 39.4 Å². The lowest BCUT2D eigenvalue weighted by atomic mass is 10.2. The molecule has 1 aliphatic heterocycles. The lowest BCUT2D eigenvalue weighted by molar-refractivity contribution is 0.0384. The normalized spacial score (nSPS) is 16.4. The fourth-order valence-corrected chi connectivity index (χ4v) is 2.15. The molecule has 5 nitrogen and oxygen atoms in total. The molecule has 0 spiro atoms. The van der Waals surface area contributed by atoms with Gasteiger partial charge in [-0.25, -0.2) is 4.68 Å². The Morgan fingerprint density at radius 1 is 1.37 bits per heavy atom. The smallest absolute Gasteiger partial charge is 0.215 e. The van der Waals surface area contributed by atoms with Crippen LogP contribution in [-0.2, 0) is 18.3 Å². The van der Waals surface area contributed by atoms with Crippen LogP contribution in [-0.4, -0.2) is 54.1 Å². The highest BCUT2D eigenvalue weighted by Crippen LogP contribution is 2.10. The van der Waals surface area contributed by atoms with Crippen LogP contribution in [0.25, 0.3) is 0 Å². The van der Waals surface area contributed by atoms with E-state index in [2.05, 4.69) is 15.3 Å². The average molecular weight is 293 g/mol. The Labute approximate surface area is 119 Å². The number of nitrogens with one attached hydrogen (secondary N) is 1. The molecule has 0 saturated carbocycles. The first kappa shape index (κ1) is 16.4. The summed E-state index contributed by atoms with van der Waals surface area (Å²) in [6.07, 6.45) is 0. The predicted molar refractivity (Wildman–Crippen MR) is 74.1 cm³/mol. The van der Waals surface area contributed by atoms with Crippen molar-refractivity contribution in [2.45, 2.75) is 13.5 Å². The Kier molecular flexibility index (Phi) is 6.71. The number of hydrogen-bond acceptors (Lipinski definition) is 4. The van der Waals surface area contributed by atoms with Gasteiger partial charge in [-0.05, 0) is 6.92 Å². The Morgan fingerprint density at radius 3 is 2.63 bits per heavy atom. The molecule has 0 radical (unpaired) electrons. The number of halogens is 2. The highest BCUT2D eigenvalue weighted by molar-refractivity contribution is 5.85. The van der Waals surface area contributed by atoms with Crippen molar-refractivity contribution in [3.63, 3.8) is 0 Å². The molecule has 110 valence electrons. The molecule has 0 aliphatic carbocycles. The summed E-state index contributed by atoms with van der Waals surface area (Å²) in [5, 5.41) is 7.32. The van der Waals surface area contributed by atoms with Crippen molar-refractivity contribution < 1.29 is 9.13 Å². The summed E-state index contributed by atoms with van der Waals surface area (Å²) < 4.78 is 20.2. The summed E-state index contributed by atoms with van der Waals surface area (Å²) in [6.45, 7) is 7.81. The van der Waals surface area contributed by atoms with Gasteiger partial charge in [-0.1, -0.05) is 0 Å². The molecule has 1 saturated heterocycles. The zero-order valence-electron chi connectivity index (χ0n) is 11.5. The second kappa shape index (κ2) is 7.79. The van der Waals surface area contributed by atoms with Crippen LogP contribution in [0.4, 0.5) is 4.39 Å². The minimum Gasteiger partial charge on any atom is -0.379 e. The van der Waals surface area contributed by atoms with Crippen molar-refractivity contribution in [1.29, 1.82) is 0 Å². The van der Waals surface area contributed by atoms with Crippen LogP contribution in [0.3, 0.4) is 0 Å².